The Balaban J connectivity index is 1.88. The maximum atomic E-state index is 12.4. The van der Waals surface area contributed by atoms with Gasteiger partial charge in [-0.2, -0.15) is 0 Å². The van der Waals surface area contributed by atoms with E-state index in [0.717, 1.165) is 11.6 Å². The molecule has 2 aromatic carbocycles. The van der Waals surface area contributed by atoms with Crippen molar-refractivity contribution >= 4 is 6.09 Å². The van der Waals surface area contributed by atoms with Crippen LogP contribution in [0.15, 0.2) is 54.6 Å². The van der Waals surface area contributed by atoms with Crippen LogP contribution < -0.4 is 10.1 Å². The number of halogens is 3. The highest BCUT2D eigenvalue weighted by atomic mass is 19.4. The molecule has 2 aromatic rings. The Hall–Kier alpha value is -2.78. The predicted molar refractivity (Wildman–Crippen MR) is 88.7 cm³/mol. The van der Waals surface area contributed by atoms with E-state index in [4.69, 9.17) is 4.74 Å². The second-order valence-corrected chi connectivity index (χ2v) is 5.54. The molecule has 0 fully saturated rings. The third-order valence-electron chi connectivity index (χ3n) is 3.50. The zero-order chi connectivity index (χ0) is 19.9. The highest BCUT2D eigenvalue weighted by Gasteiger charge is 2.33. The minimum atomic E-state index is -4.94. The van der Waals surface area contributed by atoms with Crippen molar-refractivity contribution in [3.8, 4) is 5.75 Å². The quantitative estimate of drug-likeness (QED) is 0.682. The molecule has 0 aromatic heterocycles. The Morgan fingerprint density at radius 1 is 1.04 bits per heavy atom. The molecule has 146 valence electrons. The van der Waals surface area contributed by atoms with E-state index in [1.54, 1.807) is 24.3 Å². The second kappa shape index (κ2) is 9.24. The van der Waals surface area contributed by atoms with Crippen molar-refractivity contribution in [2.75, 3.05) is 6.54 Å². The number of hydrogen-bond donors (Lipinski definition) is 3. The normalized spacial score (nSPS) is 13.5. The summed E-state index contributed by atoms with van der Waals surface area (Å²) in [6, 6.07) is 13.7. The van der Waals surface area contributed by atoms with Crippen molar-refractivity contribution in [1.82, 2.24) is 5.32 Å². The van der Waals surface area contributed by atoms with Gasteiger partial charge in [0, 0.05) is 12.1 Å². The van der Waals surface area contributed by atoms with Crippen molar-refractivity contribution in [2.45, 2.75) is 25.2 Å². The number of carbonyl (C=O) groups excluding carboxylic acids is 1. The Morgan fingerprint density at radius 3 is 2.33 bits per heavy atom. The van der Waals surface area contributed by atoms with Gasteiger partial charge in [-0.3, -0.25) is 0 Å². The van der Waals surface area contributed by atoms with Gasteiger partial charge in [-0.05, 0) is 11.6 Å². The van der Waals surface area contributed by atoms with Crippen LogP contribution in [0.25, 0.3) is 0 Å². The first-order valence-electron chi connectivity index (χ1n) is 7.91. The van der Waals surface area contributed by atoms with Crippen LogP contribution in [0.1, 0.15) is 17.2 Å². The summed E-state index contributed by atoms with van der Waals surface area (Å²) in [4.78, 5) is 11.6. The summed E-state index contributed by atoms with van der Waals surface area (Å²) in [6.45, 7) is -0.428. The molecule has 0 saturated heterocycles. The summed E-state index contributed by atoms with van der Waals surface area (Å²) in [6.07, 6.45) is -9.07. The van der Waals surface area contributed by atoms with E-state index in [1.165, 1.54) is 18.2 Å². The number of alkyl carbamates (subject to hydrolysis) is 1. The van der Waals surface area contributed by atoms with Crippen molar-refractivity contribution < 1.29 is 37.7 Å². The first-order chi connectivity index (χ1) is 12.8. The van der Waals surface area contributed by atoms with Gasteiger partial charge >= 0.3 is 12.5 Å². The van der Waals surface area contributed by atoms with Crippen LogP contribution in [0.4, 0.5) is 18.0 Å². The number of nitrogens with one attached hydrogen (secondary N) is 1. The lowest BCUT2D eigenvalue weighted by Gasteiger charge is -2.21. The van der Waals surface area contributed by atoms with Gasteiger partial charge in [0.2, 0.25) is 0 Å². The number of aliphatic hydroxyl groups excluding tert-OH is 2. The summed E-state index contributed by atoms with van der Waals surface area (Å²) in [7, 11) is 0. The van der Waals surface area contributed by atoms with Gasteiger partial charge in [-0.1, -0.05) is 48.5 Å². The van der Waals surface area contributed by atoms with E-state index >= 15 is 0 Å². The Morgan fingerprint density at radius 2 is 1.67 bits per heavy atom. The molecule has 0 spiro atoms. The number of rotatable bonds is 7. The van der Waals surface area contributed by atoms with Gasteiger partial charge in [-0.25, -0.2) is 4.79 Å². The van der Waals surface area contributed by atoms with Gasteiger partial charge in [0.1, 0.15) is 24.6 Å². The fourth-order valence-corrected chi connectivity index (χ4v) is 2.22. The molecule has 6 nitrogen and oxygen atoms in total. The molecular formula is C18H18F3NO5. The monoisotopic (exact) mass is 385 g/mol. The summed E-state index contributed by atoms with van der Waals surface area (Å²) in [5.41, 5.74) is 0.494. The number of para-hydroxylation sites is 1. The lowest BCUT2D eigenvalue weighted by molar-refractivity contribution is -0.275. The van der Waals surface area contributed by atoms with Crippen LogP contribution in [0.3, 0.4) is 0 Å². The lowest BCUT2D eigenvalue weighted by atomic mass is 10.0. The maximum Gasteiger partial charge on any atom is 0.573 e. The first-order valence-corrected chi connectivity index (χ1v) is 7.91. The van der Waals surface area contributed by atoms with Gasteiger partial charge in [0.15, 0.2) is 0 Å². The van der Waals surface area contributed by atoms with Crippen LogP contribution in [0, 0.1) is 0 Å². The number of aliphatic hydroxyl groups is 2. The van der Waals surface area contributed by atoms with E-state index in [0.29, 0.717) is 0 Å². The highest BCUT2D eigenvalue weighted by Crippen LogP contribution is 2.31. The average Bonchev–Trinajstić information content (AvgIpc) is 2.64. The molecule has 0 radical (unpaired) electrons. The van der Waals surface area contributed by atoms with Crippen molar-refractivity contribution in [1.29, 1.82) is 0 Å². The van der Waals surface area contributed by atoms with Crippen molar-refractivity contribution in [3.63, 3.8) is 0 Å². The van der Waals surface area contributed by atoms with Crippen LogP contribution in [0.5, 0.6) is 5.75 Å². The topological polar surface area (TPSA) is 88.0 Å². The van der Waals surface area contributed by atoms with Crippen LogP contribution in [-0.4, -0.2) is 35.3 Å². The summed E-state index contributed by atoms with van der Waals surface area (Å²) >= 11 is 0. The molecule has 0 aliphatic heterocycles. The number of alkyl halides is 3. The number of hydrogen-bond acceptors (Lipinski definition) is 5. The van der Waals surface area contributed by atoms with Gasteiger partial charge < -0.3 is 25.0 Å². The molecule has 3 N–H and O–H groups in total. The zero-order valence-corrected chi connectivity index (χ0v) is 14.0. The van der Waals surface area contributed by atoms with Crippen LogP contribution in [-0.2, 0) is 11.3 Å². The van der Waals surface area contributed by atoms with Crippen molar-refractivity contribution in [3.05, 3.63) is 65.7 Å². The van der Waals surface area contributed by atoms with E-state index in [2.05, 4.69) is 10.1 Å². The molecular weight excluding hydrogens is 367 g/mol. The standard InChI is InChI=1S/C18H18F3NO5/c19-18(20,21)27-15-9-5-4-8-13(15)16(24)14(23)10-22-17(25)26-11-12-6-2-1-3-7-12/h1-9,14,16,23-24H,10-11H2,(H,22,25). The molecule has 0 aliphatic rings. The van der Waals surface area contributed by atoms with Gasteiger partial charge in [0.05, 0.1) is 0 Å². The molecule has 2 rings (SSSR count). The Kier molecular flexibility index (Phi) is 7.03. The summed E-state index contributed by atoms with van der Waals surface area (Å²) in [5, 5.41) is 22.3. The zero-order valence-electron chi connectivity index (χ0n) is 14.0. The highest BCUT2D eigenvalue weighted by molar-refractivity contribution is 5.67. The molecule has 0 aliphatic carbocycles. The Bertz CT molecular complexity index is 739. The third-order valence-corrected chi connectivity index (χ3v) is 3.50. The largest absolute Gasteiger partial charge is 0.573 e. The third kappa shape index (κ3) is 6.80. The van der Waals surface area contributed by atoms with E-state index in [-0.39, 0.29) is 12.2 Å². The van der Waals surface area contributed by atoms with Crippen LogP contribution in [0.2, 0.25) is 0 Å². The number of amides is 1. The average molecular weight is 385 g/mol. The van der Waals surface area contributed by atoms with Gasteiger partial charge in [-0.15, -0.1) is 13.2 Å². The molecule has 27 heavy (non-hydrogen) atoms. The minimum absolute atomic E-state index is 0.00752. The van der Waals surface area contributed by atoms with Crippen LogP contribution >= 0.6 is 0 Å². The maximum absolute atomic E-state index is 12.4. The van der Waals surface area contributed by atoms with Crippen molar-refractivity contribution in [2.24, 2.45) is 0 Å². The smallest absolute Gasteiger partial charge is 0.445 e. The van der Waals surface area contributed by atoms with E-state index in [1.807, 2.05) is 6.07 Å². The molecule has 0 saturated carbocycles. The SMILES string of the molecule is O=C(NCC(O)C(O)c1ccccc1OC(F)(F)F)OCc1ccccc1. The van der Waals surface area contributed by atoms with E-state index in [9.17, 15) is 28.2 Å². The lowest BCUT2D eigenvalue weighted by Crippen LogP contribution is -2.36. The summed E-state index contributed by atoms with van der Waals surface area (Å²) in [5.74, 6) is -0.636. The Labute approximate surface area is 153 Å². The van der Waals surface area contributed by atoms with Gasteiger partial charge in [0.25, 0.3) is 0 Å². The molecule has 2 unspecified atom stereocenters. The summed E-state index contributed by atoms with van der Waals surface area (Å²) < 4.78 is 46.0. The number of benzene rings is 2. The first kappa shape index (κ1) is 20.5. The molecule has 2 atom stereocenters. The number of ether oxygens (including phenoxy) is 2. The minimum Gasteiger partial charge on any atom is -0.445 e. The molecule has 1 amide bonds. The predicted octanol–water partition coefficient (Wildman–Crippen LogP) is 2.91. The van der Waals surface area contributed by atoms with E-state index < -0.39 is 37.0 Å². The molecule has 0 heterocycles. The number of carbonyl (C=O) groups is 1. The molecule has 0 bridgehead atoms. The fraction of sp³-hybridized carbons (Fsp3) is 0.278. The second-order valence-electron chi connectivity index (χ2n) is 5.54. The molecule has 9 heteroatoms. The fourth-order valence-electron chi connectivity index (χ4n) is 2.22.